The number of aromatic nitrogens is 2. The first-order valence-electron chi connectivity index (χ1n) is 6.14. The molecular weight excluding hydrogens is 306 g/mol. The van der Waals surface area contributed by atoms with Crippen molar-refractivity contribution < 1.29 is 4.74 Å². The Labute approximate surface area is 120 Å². The summed E-state index contributed by atoms with van der Waals surface area (Å²) in [7, 11) is 0. The standard InChI is InChI=1S/C14H14BrN3O/c1-8-2-3-9(11(15)6-8)14-17-12-4-5-19-7-10(12)13(16)18-14/h2-3,6H,4-5,7H2,1H3,(H2,16,17,18). The minimum atomic E-state index is 0.510. The molecule has 1 aliphatic heterocycles. The molecule has 0 aliphatic carbocycles. The first-order chi connectivity index (χ1) is 9.15. The zero-order valence-electron chi connectivity index (χ0n) is 10.6. The number of aryl methyl sites for hydroxylation is 1. The van der Waals surface area contributed by atoms with Crippen LogP contribution in [0.5, 0.6) is 0 Å². The van der Waals surface area contributed by atoms with Gasteiger partial charge in [-0.05, 0) is 24.6 Å². The molecule has 4 nitrogen and oxygen atoms in total. The van der Waals surface area contributed by atoms with Crippen molar-refractivity contribution >= 4 is 21.7 Å². The molecule has 0 amide bonds. The van der Waals surface area contributed by atoms with E-state index >= 15 is 0 Å². The molecule has 0 saturated heterocycles. The van der Waals surface area contributed by atoms with Gasteiger partial charge in [0.25, 0.3) is 0 Å². The second kappa shape index (κ2) is 4.90. The summed E-state index contributed by atoms with van der Waals surface area (Å²) >= 11 is 3.56. The predicted molar refractivity (Wildman–Crippen MR) is 77.7 cm³/mol. The quantitative estimate of drug-likeness (QED) is 0.878. The Bertz CT molecular complexity index is 643. The molecule has 19 heavy (non-hydrogen) atoms. The number of nitrogens with two attached hydrogens (primary N) is 1. The van der Waals surface area contributed by atoms with Crippen LogP contribution in [0, 0.1) is 6.92 Å². The van der Waals surface area contributed by atoms with Gasteiger partial charge in [-0.1, -0.05) is 22.0 Å². The van der Waals surface area contributed by atoms with Gasteiger partial charge in [0.05, 0.1) is 18.9 Å². The van der Waals surface area contributed by atoms with E-state index in [-0.39, 0.29) is 0 Å². The van der Waals surface area contributed by atoms with Crippen molar-refractivity contribution in [3.8, 4) is 11.4 Å². The van der Waals surface area contributed by atoms with Crippen molar-refractivity contribution in [2.75, 3.05) is 12.3 Å². The van der Waals surface area contributed by atoms with E-state index in [0.29, 0.717) is 24.9 Å². The van der Waals surface area contributed by atoms with Crippen molar-refractivity contribution in [1.29, 1.82) is 0 Å². The van der Waals surface area contributed by atoms with Gasteiger partial charge in [0.15, 0.2) is 5.82 Å². The number of rotatable bonds is 1. The van der Waals surface area contributed by atoms with E-state index in [1.54, 1.807) is 0 Å². The van der Waals surface area contributed by atoms with Crippen LogP contribution < -0.4 is 5.73 Å². The Hall–Kier alpha value is -1.46. The largest absolute Gasteiger partial charge is 0.383 e. The summed E-state index contributed by atoms with van der Waals surface area (Å²) in [4.78, 5) is 9.04. The van der Waals surface area contributed by atoms with E-state index in [0.717, 1.165) is 27.7 Å². The molecule has 1 aliphatic rings. The van der Waals surface area contributed by atoms with Crippen LogP contribution in [0.2, 0.25) is 0 Å². The molecule has 0 saturated carbocycles. The van der Waals surface area contributed by atoms with Crippen molar-refractivity contribution in [1.82, 2.24) is 9.97 Å². The van der Waals surface area contributed by atoms with Crippen LogP contribution in [0.4, 0.5) is 5.82 Å². The highest BCUT2D eigenvalue weighted by molar-refractivity contribution is 9.10. The monoisotopic (exact) mass is 319 g/mol. The van der Waals surface area contributed by atoms with E-state index in [4.69, 9.17) is 10.5 Å². The molecule has 0 spiro atoms. The molecule has 2 heterocycles. The summed E-state index contributed by atoms with van der Waals surface area (Å²) in [5, 5.41) is 0. The number of nitrogens with zero attached hydrogens (tertiary/aromatic N) is 2. The molecule has 3 rings (SSSR count). The molecular formula is C14H14BrN3O. The molecule has 2 N–H and O–H groups in total. The number of hydrogen-bond donors (Lipinski definition) is 1. The van der Waals surface area contributed by atoms with Gasteiger partial charge in [-0.15, -0.1) is 0 Å². The van der Waals surface area contributed by atoms with Gasteiger partial charge in [0, 0.05) is 22.0 Å². The van der Waals surface area contributed by atoms with Crippen LogP contribution in [0.25, 0.3) is 11.4 Å². The van der Waals surface area contributed by atoms with Crippen molar-refractivity contribution in [2.24, 2.45) is 0 Å². The third-order valence-electron chi connectivity index (χ3n) is 3.22. The Morgan fingerprint density at radius 3 is 2.95 bits per heavy atom. The average Bonchev–Trinajstić information content (AvgIpc) is 2.38. The predicted octanol–water partition coefficient (Wildman–Crippen LogP) is 2.87. The third-order valence-corrected chi connectivity index (χ3v) is 3.88. The van der Waals surface area contributed by atoms with E-state index in [9.17, 15) is 0 Å². The molecule has 0 atom stereocenters. The number of fused-ring (bicyclic) bond motifs is 1. The van der Waals surface area contributed by atoms with E-state index in [1.807, 2.05) is 19.1 Å². The lowest BCUT2D eigenvalue weighted by molar-refractivity contribution is 0.109. The zero-order valence-corrected chi connectivity index (χ0v) is 12.2. The maximum atomic E-state index is 6.01. The fraction of sp³-hybridized carbons (Fsp3) is 0.286. The first kappa shape index (κ1) is 12.6. The smallest absolute Gasteiger partial charge is 0.162 e. The zero-order chi connectivity index (χ0) is 13.4. The lowest BCUT2D eigenvalue weighted by Crippen LogP contribution is -2.16. The number of anilines is 1. The highest BCUT2D eigenvalue weighted by Gasteiger charge is 2.18. The molecule has 1 aromatic carbocycles. The van der Waals surface area contributed by atoms with E-state index < -0.39 is 0 Å². The fourth-order valence-electron chi connectivity index (χ4n) is 2.18. The maximum absolute atomic E-state index is 6.01. The number of ether oxygens (including phenoxy) is 1. The topological polar surface area (TPSA) is 61.0 Å². The fourth-order valence-corrected chi connectivity index (χ4v) is 2.85. The van der Waals surface area contributed by atoms with Crippen LogP contribution in [0.1, 0.15) is 16.8 Å². The maximum Gasteiger partial charge on any atom is 0.162 e. The molecule has 0 fully saturated rings. The Morgan fingerprint density at radius 1 is 1.32 bits per heavy atom. The van der Waals surface area contributed by atoms with Crippen LogP contribution in [0.3, 0.4) is 0 Å². The SMILES string of the molecule is Cc1ccc(-c2nc(N)c3c(n2)CCOC3)c(Br)c1. The van der Waals surface area contributed by atoms with Gasteiger partial charge in [-0.3, -0.25) is 0 Å². The summed E-state index contributed by atoms with van der Waals surface area (Å²) in [5.74, 6) is 1.19. The molecule has 0 unspecified atom stereocenters. The van der Waals surface area contributed by atoms with Crippen LogP contribution >= 0.6 is 15.9 Å². The van der Waals surface area contributed by atoms with Crippen molar-refractivity contribution in [2.45, 2.75) is 20.0 Å². The number of benzene rings is 1. The van der Waals surface area contributed by atoms with Gasteiger partial charge in [-0.25, -0.2) is 9.97 Å². The van der Waals surface area contributed by atoms with Gasteiger partial charge in [-0.2, -0.15) is 0 Å². The van der Waals surface area contributed by atoms with Crippen molar-refractivity contribution in [3.05, 3.63) is 39.5 Å². The molecule has 1 aromatic heterocycles. The van der Waals surface area contributed by atoms with Crippen molar-refractivity contribution in [3.63, 3.8) is 0 Å². The summed E-state index contributed by atoms with van der Waals surface area (Å²) < 4.78 is 6.38. The number of nitrogen functional groups attached to an aromatic ring is 1. The second-order valence-corrected chi connectivity index (χ2v) is 5.50. The van der Waals surface area contributed by atoms with Gasteiger partial charge in [0.1, 0.15) is 5.82 Å². The van der Waals surface area contributed by atoms with Crippen LogP contribution in [-0.4, -0.2) is 16.6 Å². The Kier molecular flexibility index (Phi) is 3.24. The van der Waals surface area contributed by atoms with Gasteiger partial charge < -0.3 is 10.5 Å². The molecule has 0 radical (unpaired) electrons. The molecule has 5 heteroatoms. The summed E-state index contributed by atoms with van der Waals surface area (Å²) in [5.41, 5.74) is 10.1. The van der Waals surface area contributed by atoms with Crippen LogP contribution in [-0.2, 0) is 17.8 Å². The second-order valence-electron chi connectivity index (χ2n) is 4.64. The number of halogens is 1. The normalized spacial score (nSPS) is 14.2. The van der Waals surface area contributed by atoms with Gasteiger partial charge >= 0.3 is 0 Å². The highest BCUT2D eigenvalue weighted by atomic mass is 79.9. The molecule has 0 bridgehead atoms. The van der Waals surface area contributed by atoms with Crippen LogP contribution in [0.15, 0.2) is 22.7 Å². The lowest BCUT2D eigenvalue weighted by atomic mass is 10.1. The Balaban J connectivity index is 2.13. The third kappa shape index (κ3) is 2.35. The summed E-state index contributed by atoms with van der Waals surface area (Å²) in [6, 6.07) is 6.11. The van der Waals surface area contributed by atoms with Gasteiger partial charge in [0.2, 0.25) is 0 Å². The summed E-state index contributed by atoms with van der Waals surface area (Å²) in [6.07, 6.45) is 0.790. The summed E-state index contributed by atoms with van der Waals surface area (Å²) in [6.45, 7) is 3.25. The Morgan fingerprint density at radius 2 is 2.16 bits per heavy atom. The minimum absolute atomic E-state index is 0.510. The number of hydrogen-bond acceptors (Lipinski definition) is 4. The minimum Gasteiger partial charge on any atom is -0.383 e. The lowest BCUT2D eigenvalue weighted by Gasteiger charge is -2.18. The first-order valence-corrected chi connectivity index (χ1v) is 6.94. The average molecular weight is 320 g/mol. The molecule has 98 valence electrons. The highest BCUT2D eigenvalue weighted by Crippen LogP contribution is 2.29. The van der Waals surface area contributed by atoms with E-state index in [1.165, 1.54) is 5.56 Å². The van der Waals surface area contributed by atoms with E-state index in [2.05, 4.69) is 32.0 Å². The molecule has 2 aromatic rings.